The molecule has 0 unspecified atom stereocenters. The highest BCUT2D eigenvalue weighted by Gasteiger charge is 2.37. The first-order chi connectivity index (χ1) is 18.3. The number of aromatic nitrogens is 2. The van der Waals surface area contributed by atoms with Gasteiger partial charge in [0.1, 0.15) is 17.2 Å². The average Bonchev–Trinajstić information content (AvgIpc) is 3.61. The van der Waals surface area contributed by atoms with Crippen molar-refractivity contribution in [3.8, 4) is 17.2 Å². The molecule has 2 N–H and O–H groups in total. The first kappa shape index (κ1) is 25.8. The van der Waals surface area contributed by atoms with Gasteiger partial charge in [0.15, 0.2) is 5.82 Å². The van der Waals surface area contributed by atoms with Crippen LogP contribution in [0, 0.1) is 11.3 Å². The van der Waals surface area contributed by atoms with Crippen molar-refractivity contribution in [3.63, 3.8) is 0 Å². The molecule has 5 rings (SSSR count). The van der Waals surface area contributed by atoms with Crippen LogP contribution in [-0.2, 0) is 11.8 Å². The fourth-order valence-electron chi connectivity index (χ4n) is 4.58. The lowest BCUT2D eigenvalue weighted by Gasteiger charge is -2.39. The zero-order chi connectivity index (χ0) is 26.7. The van der Waals surface area contributed by atoms with E-state index in [9.17, 15) is 14.7 Å². The zero-order valence-corrected chi connectivity index (χ0v) is 21.9. The Morgan fingerprint density at radius 3 is 2.42 bits per heavy atom. The molecule has 2 amide bonds. The number of nitrogens with zero attached hydrogens (tertiary/aromatic N) is 3. The number of aliphatic hydroxyl groups excluding tert-OH is 1. The lowest BCUT2D eigenvalue weighted by molar-refractivity contribution is -0.116. The molecule has 0 radical (unpaired) electrons. The van der Waals surface area contributed by atoms with Crippen molar-refractivity contribution in [3.05, 3.63) is 60.3 Å². The maximum Gasteiger partial charge on any atom is 0.257 e. The number of hydrogen-bond acceptors (Lipinski definition) is 6. The summed E-state index contributed by atoms with van der Waals surface area (Å²) in [6.07, 6.45) is 6.98. The van der Waals surface area contributed by atoms with Crippen LogP contribution in [0.5, 0.6) is 17.2 Å². The molecule has 2 saturated carbocycles. The van der Waals surface area contributed by atoms with E-state index >= 15 is 0 Å². The molecule has 3 aromatic rings. The molecule has 0 aliphatic heterocycles. The van der Waals surface area contributed by atoms with E-state index in [2.05, 4.69) is 10.4 Å². The van der Waals surface area contributed by atoms with Crippen LogP contribution in [0.2, 0.25) is 0 Å². The number of aliphatic hydroxyl groups is 1. The van der Waals surface area contributed by atoms with Gasteiger partial charge >= 0.3 is 0 Å². The minimum atomic E-state index is -0.341. The van der Waals surface area contributed by atoms with Gasteiger partial charge in [-0.15, -0.1) is 0 Å². The molecular weight excluding hydrogens is 484 g/mol. The molecule has 1 aromatic heterocycles. The van der Waals surface area contributed by atoms with Crippen LogP contribution in [0.4, 0.5) is 11.5 Å². The van der Waals surface area contributed by atoms with Crippen LogP contribution in [0.15, 0.2) is 54.7 Å². The number of carbonyl (C=O) groups is 2. The van der Waals surface area contributed by atoms with Gasteiger partial charge in [-0.1, -0.05) is 6.42 Å². The van der Waals surface area contributed by atoms with Crippen LogP contribution in [0.25, 0.3) is 0 Å². The molecule has 9 nitrogen and oxygen atoms in total. The van der Waals surface area contributed by atoms with E-state index in [0.717, 1.165) is 31.5 Å². The highest BCUT2D eigenvalue weighted by atomic mass is 16.5. The lowest BCUT2D eigenvalue weighted by atomic mass is 9.70. The minimum Gasteiger partial charge on any atom is -0.493 e. The SMILES string of the molecule is CC(=O)N(CC1CC1)c1ccc(Oc2cc(OCC3(CO)CCC3)cc(C(=O)Nc3ccn(C)n3)c2)cc1. The maximum atomic E-state index is 13.0. The summed E-state index contributed by atoms with van der Waals surface area (Å²) in [6, 6.07) is 14.1. The molecule has 0 spiro atoms. The minimum absolute atomic E-state index is 0.0195. The summed E-state index contributed by atoms with van der Waals surface area (Å²) in [6.45, 7) is 2.75. The lowest BCUT2D eigenvalue weighted by Crippen LogP contribution is -2.39. The fourth-order valence-corrected chi connectivity index (χ4v) is 4.58. The molecule has 0 bridgehead atoms. The summed E-state index contributed by atoms with van der Waals surface area (Å²) in [4.78, 5) is 27.0. The largest absolute Gasteiger partial charge is 0.493 e. The Morgan fingerprint density at radius 1 is 1.11 bits per heavy atom. The summed E-state index contributed by atoms with van der Waals surface area (Å²) in [7, 11) is 1.78. The monoisotopic (exact) mass is 518 g/mol. The first-order valence-corrected chi connectivity index (χ1v) is 13.1. The molecule has 38 heavy (non-hydrogen) atoms. The molecule has 2 aromatic carbocycles. The van der Waals surface area contributed by atoms with Gasteiger partial charge in [0.05, 0.1) is 13.2 Å². The number of carbonyl (C=O) groups excluding carboxylic acids is 2. The molecule has 2 aliphatic rings. The molecule has 2 aliphatic carbocycles. The third-order valence-electron chi connectivity index (χ3n) is 7.29. The van der Waals surface area contributed by atoms with Gasteiger partial charge in [-0.25, -0.2) is 0 Å². The molecule has 200 valence electrons. The van der Waals surface area contributed by atoms with E-state index in [-0.39, 0.29) is 23.8 Å². The van der Waals surface area contributed by atoms with Crippen molar-refractivity contribution < 1.29 is 24.2 Å². The third kappa shape index (κ3) is 6.16. The molecule has 9 heteroatoms. The van der Waals surface area contributed by atoms with E-state index in [0.29, 0.717) is 41.2 Å². The molecule has 0 saturated heterocycles. The number of hydrogen-bond donors (Lipinski definition) is 2. The van der Waals surface area contributed by atoms with E-state index in [1.165, 1.54) is 12.8 Å². The van der Waals surface area contributed by atoms with E-state index in [1.54, 1.807) is 54.0 Å². The molecule has 2 fully saturated rings. The van der Waals surface area contributed by atoms with Crippen LogP contribution >= 0.6 is 0 Å². The Morgan fingerprint density at radius 2 is 1.84 bits per heavy atom. The van der Waals surface area contributed by atoms with Gasteiger partial charge in [-0.05, 0) is 68.0 Å². The van der Waals surface area contributed by atoms with Gasteiger partial charge in [0.25, 0.3) is 5.91 Å². The number of benzene rings is 2. The van der Waals surface area contributed by atoms with Gasteiger partial charge < -0.3 is 24.8 Å². The summed E-state index contributed by atoms with van der Waals surface area (Å²) in [5, 5.41) is 16.8. The topological polar surface area (TPSA) is 106 Å². The zero-order valence-electron chi connectivity index (χ0n) is 21.9. The van der Waals surface area contributed by atoms with Crippen molar-refractivity contribution in [2.45, 2.75) is 39.0 Å². The Hall–Kier alpha value is -3.85. The van der Waals surface area contributed by atoms with Crippen molar-refractivity contribution in [1.82, 2.24) is 9.78 Å². The van der Waals surface area contributed by atoms with E-state index in [1.807, 2.05) is 24.3 Å². The number of rotatable bonds is 11. The summed E-state index contributed by atoms with van der Waals surface area (Å²) >= 11 is 0. The number of ether oxygens (including phenoxy) is 2. The Kier molecular flexibility index (Phi) is 7.37. The van der Waals surface area contributed by atoms with Gasteiger partial charge in [-0.3, -0.25) is 14.3 Å². The van der Waals surface area contributed by atoms with Crippen molar-refractivity contribution in [2.24, 2.45) is 18.4 Å². The summed E-state index contributed by atoms with van der Waals surface area (Å²) in [5.41, 5.74) is 0.962. The normalized spacial score (nSPS) is 15.9. The van der Waals surface area contributed by atoms with Gasteiger partial charge in [0.2, 0.25) is 5.91 Å². The predicted octanol–water partition coefficient (Wildman–Crippen LogP) is 4.77. The second-order valence-corrected chi connectivity index (χ2v) is 10.5. The third-order valence-corrected chi connectivity index (χ3v) is 7.29. The second-order valence-electron chi connectivity index (χ2n) is 10.5. The Labute approximate surface area is 222 Å². The predicted molar refractivity (Wildman–Crippen MR) is 144 cm³/mol. The number of aryl methyl sites for hydroxylation is 1. The summed E-state index contributed by atoms with van der Waals surface area (Å²) < 4.78 is 13.8. The standard InChI is InChI=1S/C29H34N4O5/c1-20(35)33(17-21-4-5-21)23-6-8-24(9-7-23)38-26-15-22(28(36)30-27-10-13-32(2)31-27)14-25(16-26)37-19-29(18-34)11-3-12-29/h6-10,13-16,21,34H,3-5,11-12,17-19H2,1-2H3,(H,30,31,36). The average molecular weight is 519 g/mol. The quantitative estimate of drug-likeness (QED) is 0.379. The van der Waals surface area contributed by atoms with E-state index < -0.39 is 0 Å². The second kappa shape index (κ2) is 10.9. The van der Waals surface area contributed by atoms with Gasteiger partial charge in [-0.2, -0.15) is 5.10 Å². The fraction of sp³-hybridized carbons (Fsp3) is 0.414. The highest BCUT2D eigenvalue weighted by Crippen LogP contribution is 2.41. The molecular formula is C29H34N4O5. The molecule has 0 atom stereocenters. The molecule has 1 heterocycles. The number of amides is 2. The Bertz CT molecular complexity index is 1290. The van der Waals surface area contributed by atoms with Crippen molar-refractivity contribution in [1.29, 1.82) is 0 Å². The van der Waals surface area contributed by atoms with Crippen molar-refractivity contribution >= 4 is 23.3 Å². The highest BCUT2D eigenvalue weighted by molar-refractivity contribution is 6.04. The maximum absolute atomic E-state index is 13.0. The van der Waals surface area contributed by atoms with E-state index in [4.69, 9.17) is 9.47 Å². The number of nitrogens with one attached hydrogen (secondary N) is 1. The van der Waals surface area contributed by atoms with Crippen LogP contribution < -0.4 is 19.7 Å². The number of anilines is 2. The first-order valence-electron chi connectivity index (χ1n) is 13.1. The smallest absolute Gasteiger partial charge is 0.257 e. The summed E-state index contributed by atoms with van der Waals surface area (Å²) in [5.74, 6) is 2.20. The van der Waals surface area contributed by atoms with Crippen LogP contribution in [0.3, 0.4) is 0 Å². The van der Waals surface area contributed by atoms with Crippen molar-refractivity contribution in [2.75, 3.05) is 30.0 Å². The van der Waals surface area contributed by atoms with Crippen LogP contribution in [-0.4, -0.2) is 46.5 Å². The van der Waals surface area contributed by atoms with Gasteiger partial charge in [0, 0.05) is 55.5 Å². The Balaban J connectivity index is 1.35. The van der Waals surface area contributed by atoms with Crippen LogP contribution in [0.1, 0.15) is 49.4 Å².